The molecule has 0 amide bonds. The maximum Gasteiger partial charge on any atom is 0.346 e. The van der Waals surface area contributed by atoms with E-state index in [4.69, 9.17) is 10.00 Å². The Bertz CT molecular complexity index is 1040. The second kappa shape index (κ2) is 7.11. The zero-order chi connectivity index (χ0) is 18.7. The fourth-order valence-electron chi connectivity index (χ4n) is 2.84. The Morgan fingerprint density at radius 2 is 1.77 bits per heavy atom. The normalized spacial score (nSPS) is 10.3. The number of carbonyl (C=O) groups is 1. The third kappa shape index (κ3) is 2.91. The molecule has 130 valence electrons. The van der Waals surface area contributed by atoms with E-state index in [1.165, 1.54) is 4.68 Å². The maximum atomic E-state index is 12.8. The maximum absolute atomic E-state index is 12.8. The van der Waals surface area contributed by atoms with Gasteiger partial charge in [0.2, 0.25) is 0 Å². The van der Waals surface area contributed by atoms with Gasteiger partial charge in [-0.1, -0.05) is 30.3 Å². The molecular formula is C20H17N3O3. The van der Waals surface area contributed by atoms with Crippen LogP contribution in [0.1, 0.15) is 22.8 Å². The Morgan fingerprint density at radius 1 is 1.12 bits per heavy atom. The fourth-order valence-corrected chi connectivity index (χ4v) is 2.84. The second-order valence-electron chi connectivity index (χ2n) is 5.61. The van der Waals surface area contributed by atoms with Crippen LogP contribution in [-0.2, 0) is 11.8 Å². The Hall–Kier alpha value is -3.59. The number of esters is 1. The first-order chi connectivity index (χ1) is 12.6. The molecule has 1 aromatic heterocycles. The van der Waals surface area contributed by atoms with Crippen molar-refractivity contribution in [1.82, 2.24) is 9.36 Å². The number of hydrogen-bond donors (Lipinski definition) is 0. The van der Waals surface area contributed by atoms with Gasteiger partial charge in [-0.2, -0.15) is 5.26 Å². The van der Waals surface area contributed by atoms with Gasteiger partial charge in [0.1, 0.15) is 0 Å². The molecule has 0 fully saturated rings. The average Bonchev–Trinajstić information content (AvgIpc) is 2.94. The Morgan fingerprint density at radius 3 is 2.35 bits per heavy atom. The average molecular weight is 347 g/mol. The first-order valence-electron chi connectivity index (χ1n) is 8.13. The second-order valence-corrected chi connectivity index (χ2v) is 5.61. The van der Waals surface area contributed by atoms with Crippen LogP contribution < -0.4 is 5.56 Å². The molecule has 0 saturated carbocycles. The van der Waals surface area contributed by atoms with Gasteiger partial charge < -0.3 is 4.74 Å². The molecule has 6 nitrogen and oxygen atoms in total. The summed E-state index contributed by atoms with van der Waals surface area (Å²) in [6, 6.07) is 18.1. The van der Waals surface area contributed by atoms with Gasteiger partial charge >= 0.3 is 5.97 Å². The molecule has 1 heterocycles. The first kappa shape index (κ1) is 17.2. The number of benzene rings is 2. The van der Waals surface area contributed by atoms with Crippen LogP contribution in [0.3, 0.4) is 0 Å². The van der Waals surface area contributed by atoms with Crippen molar-refractivity contribution >= 4 is 5.97 Å². The molecule has 0 aliphatic rings. The van der Waals surface area contributed by atoms with E-state index in [1.54, 1.807) is 42.9 Å². The molecule has 0 aliphatic carbocycles. The van der Waals surface area contributed by atoms with Gasteiger partial charge in [-0.25, -0.2) is 14.2 Å². The van der Waals surface area contributed by atoms with Crippen molar-refractivity contribution in [3.05, 3.63) is 76.1 Å². The lowest BCUT2D eigenvalue weighted by molar-refractivity contribution is 0.0525. The molecule has 6 heteroatoms. The van der Waals surface area contributed by atoms with E-state index in [0.29, 0.717) is 16.9 Å². The third-order valence-corrected chi connectivity index (χ3v) is 4.02. The van der Waals surface area contributed by atoms with Crippen molar-refractivity contribution in [3.63, 3.8) is 0 Å². The number of nitrogens with zero attached hydrogens (tertiary/aromatic N) is 3. The number of aromatic nitrogens is 2. The molecule has 0 bridgehead atoms. The van der Waals surface area contributed by atoms with E-state index in [2.05, 4.69) is 6.07 Å². The number of ether oxygens (including phenoxy) is 1. The van der Waals surface area contributed by atoms with E-state index in [0.717, 1.165) is 5.56 Å². The van der Waals surface area contributed by atoms with E-state index in [1.807, 2.05) is 30.3 Å². The van der Waals surface area contributed by atoms with Gasteiger partial charge in [0.25, 0.3) is 5.56 Å². The molecule has 0 saturated heterocycles. The van der Waals surface area contributed by atoms with E-state index < -0.39 is 11.5 Å². The lowest BCUT2D eigenvalue weighted by atomic mass is 10.1. The number of rotatable bonds is 4. The molecule has 0 spiro atoms. The summed E-state index contributed by atoms with van der Waals surface area (Å²) in [5.74, 6) is -0.653. The summed E-state index contributed by atoms with van der Waals surface area (Å²) >= 11 is 0. The molecular weight excluding hydrogens is 330 g/mol. The van der Waals surface area contributed by atoms with Gasteiger partial charge in [0, 0.05) is 12.6 Å². The minimum atomic E-state index is -0.653. The SMILES string of the molecule is CCOC(=O)c1c(-c2ccccc2)n(-c2ccc(C#N)cc2)n(C)c1=O. The smallest absolute Gasteiger partial charge is 0.346 e. The quantitative estimate of drug-likeness (QED) is 0.680. The summed E-state index contributed by atoms with van der Waals surface area (Å²) in [5, 5.41) is 8.99. The zero-order valence-corrected chi connectivity index (χ0v) is 14.5. The summed E-state index contributed by atoms with van der Waals surface area (Å²) < 4.78 is 8.13. The molecule has 26 heavy (non-hydrogen) atoms. The number of carbonyl (C=O) groups excluding carboxylic acids is 1. The zero-order valence-electron chi connectivity index (χ0n) is 14.5. The van der Waals surface area contributed by atoms with Gasteiger partial charge in [0.15, 0.2) is 5.56 Å². The topological polar surface area (TPSA) is 77.0 Å². The minimum absolute atomic E-state index is 0.00934. The largest absolute Gasteiger partial charge is 0.462 e. The number of hydrogen-bond acceptors (Lipinski definition) is 4. The van der Waals surface area contributed by atoms with Crippen LogP contribution in [-0.4, -0.2) is 21.9 Å². The summed E-state index contributed by atoms with van der Waals surface area (Å²) in [5.41, 5.74) is 1.91. The monoisotopic (exact) mass is 347 g/mol. The first-order valence-corrected chi connectivity index (χ1v) is 8.13. The standard InChI is InChI=1S/C20H17N3O3/c1-3-26-20(25)17-18(15-7-5-4-6-8-15)23(22(2)19(17)24)16-11-9-14(13-21)10-12-16/h4-12H,3H2,1-2H3. The highest BCUT2D eigenvalue weighted by Gasteiger charge is 2.26. The van der Waals surface area contributed by atoms with Crippen molar-refractivity contribution < 1.29 is 9.53 Å². The van der Waals surface area contributed by atoms with Crippen LogP contribution in [0.2, 0.25) is 0 Å². The predicted molar refractivity (Wildman–Crippen MR) is 97.1 cm³/mol. The lowest BCUT2D eigenvalue weighted by Gasteiger charge is -2.13. The Kier molecular flexibility index (Phi) is 4.72. The fraction of sp³-hybridized carbons (Fsp3) is 0.150. The summed E-state index contributed by atoms with van der Waals surface area (Å²) in [6.07, 6.45) is 0. The molecule has 3 rings (SSSR count). The molecule has 0 radical (unpaired) electrons. The van der Waals surface area contributed by atoms with Crippen molar-refractivity contribution in [2.75, 3.05) is 6.61 Å². The van der Waals surface area contributed by atoms with Crippen molar-refractivity contribution in [1.29, 1.82) is 5.26 Å². The summed E-state index contributed by atoms with van der Waals surface area (Å²) in [4.78, 5) is 25.3. The van der Waals surface area contributed by atoms with Crippen molar-refractivity contribution in [2.45, 2.75) is 6.92 Å². The highest BCUT2D eigenvalue weighted by Crippen LogP contribution is 2.26. The van der Waals surface area contributed by atoms with Crippen molar-refractivity contribution in [2.24, 2.45) is 7.05 Å². The van der Waals surface area contributed by atoms with E-state index >= 15 is 0 Å². The van der Waals surface area contributed by atoms with Gasteiger partial charge in [-0.05, 0) is 31.2 Å². The highest BCUT2D eigenvalue weighted by atomic mass is 16.5. The van der Waals surface area contributed by atoms with Crippen LogP contribution in [0.5, 0.6) is 0 Å². The molecule has 2 aromatic carbocycles. The minimum Gasteiger partial charge on any atom is -0.462 e. The van der Waals surface area contributed by atoms with Gasteiger partial charge in [0.05, 0.1) is 29.6 Å². The van der Waals surface area contributed by atoms with Gasteiger partial charge in [-0.15, -0.1) is 0 Å². The molecule has 0 atom stereocenters. The summed E-state index contributed by atoms with van der Waals surface area (Å²) in [7, 11) is 1.59. The van der Waals surface area contributed by atoms with Gasteiger partial charge in [-0.3, -0.25) is 4.79 Å². The lowest BCUT2D eigenvalue weighted by Crippen LogP contribution is -2.22. The van der Waals surface area contributed by atoms with Crippen LogP contribution in [0.25, 0.3) is 16.9 Å². The van der Waals surface area contributed by atoms with Crippen LogP contribution in [0.15, 0.2) is 59.4 Å². The number of nitriles is 1. The Balaban J connectivity index is 2.33. The summed E-state index contributed by atoms with van der Waals surface area (Å²) in [6.45, 7) is 1.88. The van der Waals surface area contributed by atoms with Crippen LogP contribution in [0.4, 0.5) is 0 Å². The molecule has 0 N–H and O–H groups in total. The third-order valence-electron chi connectivity index (χ3n) is 4.02. The highest BCUT2D eigenvalue weighted by molar-refractivity contribution is 5.96. The van der Waals surface area contributed by atoms with Crippen molar-refractivity contribution in [3.8, 4) is 23.0 Å². The van der Waals surface area contributed by atoms with Crippen LogP contribution >= 0.6 is 0 Å². The predicted octanol–water partition coefficient (Wildman–Crippen LogP) is 2.89. The van der Waals surface area contributed by atoms with E-state index in [9.17, 15) is 9.59 Å². The molecule has 3 aromatic rings. The Labute approximate surface area is 150 Å². The van der Waals surface area contributed by atoms with E-state index in [-0.39, 0.29) is 12.2 Å². The molecule has 0 unspecified atom stereocenters. The van der Waals surface area contributed by atoms with Crippen LogP contribution in [0, 0.1) is 11.3 Å². The molecule has 0 aliphatic heterocycles.